The van der Waals surface area contributed by atoms with Crippen LogP contribution in [0.3, 0.4) is 0 Å². The van der Waals surface area contributed by atoms with Crippen LogP contribution in [-0.4, -0.2) is 24.2 Å². The quantitative estimate of drug-likeness (QED) is 0.803. The van der Waals surface area contributed by atoms with Crippen LogP contribution in [0.25, 0.3) is 6.08 Å². The van der Waals surface area contributed by atoms with Gasteiger partial charge in [0.05, 0.1) is 12.1 Å². The highest BCUT2D eigenvalue weighted by Gasteiger charge is 2.33. The third-order valence-electron chi connectivity index (χ3n) is 5.05. The first-order chi connectivity index (χ1) is 10.2. The average molecular weight is 285 g/mol. The minimum Gasteiger partial charge on any atom is -0.381 e. The normalized spacial score (nSPS) is 28.8. The summed E-state index contributed by atoms with van der Waals surface area (Å²) in [6.07, 6.45) is 9.98. The number of methoxy groups -OCH3 is 1. The molecule has 0 amide bonds. The molecule has 2 nitrogen and oxygen atoms in total. The number of fused-ring (bicyclic) bond motifs is 1. The summed E-state index contributed by atoms with van der Waals surface area (Å²) in [7, 11) is 1.86. The molecule has 0 N–H and O–H groups in total. The van der Waals surface area contributed by atoms with Crippen LogP contribution in [0.1, 0.15) is 56.7 Å². The van der Waals surface area contributed by atoms with Crippen molar-refractivity contribution < 1.29 is 4.74 Å². The van der Waals surface area contributed by atoms with E-state index in [0.717, 1.165) is 6.42 Å². The van der Waals surface area contributed by atoms with Crippen molar-refractivity contribution in [1.29, 1.82) is 0 Å². The standard InChI is InChI=1S/C19H27NO/c1-14(2)19-18-10-5-4-7-15(18)11-12-20(19)16-8-6-9-17(13-16)21-3/h4-5,7,10-12,14,16-17,19H,6,8-9,13H2,1-3H3/t16-,17+,19?/m0/s1. The van der Waals surface area contributed by atoms with Gasteiger partial charge in [-0.25, -0.2) is 0 Å². The fourth-order valence-corrected chi connectivity index (χ4v) is 4.01. The number of hydrogen-bond donors (Lipinski definition) is 0. The van der Waals surface area contributed by atoms with E-state index in [1.54, 1.807) is 0 Å². The minimum atomic E-state index is 0.433. The van der Waals surface area contributed by atoms with Gasteiger partial charge in [0.25, 0.3) is 0 Å². The van der Waals surface area contributed by atoms with Gasteiger partial charge in [0.15, 0.2) is 0 Å². The van der Waals surface area contributed by atoms with Crippen LogP contribution in [0, 0.1) is 5.92 Å². The summed E-state index contributed by atoms with van der Waals surface area (Å²) < 4.78 is 5.63. The molecule has 21 heavy (non-hydrogen) atoms. The van der Waals surface area contributed by atoms with Gasteiger partial charge in [-0.05, 0) is 48.8 Å². The molecule has 1 aromatic rings. The smallest absolute Gasteiger partial charge is 0.0591 e. The molecule has 0 spiro atoms. The fraction of sp³-hybridized carbons (Fsp3) is 0.579. The van der Waals surface area contributed by atoms with Gasteiger partial charge in [-0.1, -0.05) is 38.1 Å². The second kappa shape index (κ2) is 6.23. The number of benzene rings is 1. The largest absolute Gasteiger partial charge is 0.381 e. The zero-order valence-corrected chi connectivity index (χ0v) is 13.5. The number of hydrogen-bond acceptors (Lipinski definition) is 2. The molecule has 0 aromatic heterocycles. The van der Waals surface area contributed by atoms with Crippen LogP contribution in [0.4, 0.5) is 0 Å². The Morgan fingerprint density at radius 3 is 2.76 bits per heavy atom. The molecule has 114 valence electrons. The molecule has 1 heterocycles. The maximum Gasteiger partial charge on any atom is 0.0591 e. The van der Waals surface area contributed by atoms with E-state index in [1.165, 1.54) is 30.4 Å². The Labute approximate surface area is 128 Å². The Morgan fingerprint density at radius 1 is 1.19 bits per heavy atom. The van der Waals surface area contributed by atoms with E-state index in [1.807, 2.05) is 7.11 Å². The van der Waals surface area contributed by atoms with Crippen LogP contribution < -0.4 is 0 Å². The van der Waals surface area contributed by atoms with Crippen molar-refractivity contribution in [2.75, 3.05) is 7.11 Å². The van der Waals surface area contributed by atoms with Crippen LogP contribution >= 0.6 is 0 Å². The highest BCUT2D eigenvalue weighted by molar-refractivity contribution is 5.57. The van der Waals surface area contributed by atoms with Crippen molar-refractivity contribution in [3.8, 4) is 0 Å². The Balaban J connectivity index is 1.88. The van der Waals surface area contributed by atoms with Crippen molar-refractivity contribution in [3.63, 3.8) is 0 Å². The molecule has 1 aliphatic carbocycles. The second-order valence-electron chi connectivity index (χ2n) is 6.76. The molecule has 3 rings (SSSR count). The van der Waals surface area contributed by atoms with E-state index < -0.39 is 0 Å². The van der Waals surface area contributed by atoms with E-state index in [0.29, 0.717) is 24.1 Å². The Kier molecular flexibility index (Phi) is 4.34. The fourth-order valence-electron chi connectivity index (χ4n) is 4.01. The zero-order valence-electron chi connectivity index (χ0n) is 13.5. The molecule has 0 bridgehead atoms. The van der Waals surface area contributed by atoms with Crippen molar-refractivity contribution >= 4 is 6.08 Å². The summed E-state index contributed by atoms with van der Waals surface area (Å²) in [5, 5.41) is 0. The summed E-state index contributed by atoms with van der Waals surface area (Å²) in [5.41, 5.74) is 2.86. The van der Waals surface area contributed by atoms with Crippen molar-refractivity contribution in [2.45, 2.75) is 57.7 Å². The topological polar surface area (TPSA) is 12.5 Å². The Hall–Kier alpha value is -1.28. The summed E-state index contributed by atoms with van der Waals surface area (Å²) in [6, 6.07) is 9.94. The predicted octanol–water partition coefficient (Wildman–Crippen LogP) is 4.63. The minimum absolute atomic E-state index is 0.433. The molecule has 2 aliphatic rings. The van der Waals surface area contributed by atoms with Crippen LogP contribution in [0.5, 0.6) is 0 Å². The summed E-state index contributed by atoms with van der Waals surface area (Å²) in [4.78, 5) is 2.61. The van der Waals surface area contributed by atoms with Gasteiger partial charge < -0.3 is 9.64 Å². The molecule has 3 atom stereocenters. The number of ether oxygens (including phenoxy) is 1. The highest BCUT2D eigenvalue weighted by atomic mass is 16.5. The van der Waals surface area contributed by atoms with E-state index in [9.17, 15) is 0 Å². The molecule has 1 saturated carbocycles. The molecule has 2 heteroatoms. The maximum absolute atomic E-state index is 5.63. The van der Waals surface area contributed by atoms with Crippen molar-refractivity contribution in [1.82, 2.24) is 4.90 Å². The lowest BCUT2D eigenvalue weighted by molar-refractivity contribution is 0.0241. The summed E-state index contributed by atoms with van der Waals surface area (Å²) in [6.45, 7) is 4.68. The lowest BCUT2D eigenvalue weighted by Gasteiger charge is -2.45. The summed E-state index contributed by atoms with van der Waals surface area (Å²) >= 11 is 0. The van der Waals surface area contributed by atoms with Gasteiger partial charge in [0, 0.05) is 19.4 Å². The first kappa shape index (κ1) is 14.6. The molecule has 1 fully saturated rings. The predicted molar refractivity (Wildman–Crippen MR) is 87.9 cm³/mol. The highest BCUT2D eigenvalue weighted by Crippen LogP contribution is 2.40. The Bertz CT molecular complexity index is 508. The van der Waals surface area contributed by atoms with E-state index in [-0.39, 0.29) is 0 Å². The van der Waals surface area contributed by atoms with Gasteiger partial charge in [-0.15, -0.1) is 0 Å². The molecule has 0 saturated heterocycles. The third kappa shape index (κ3) is 2.87. The van der Waals surface area contributed by atoms with Crippen LogP contribution in [-0.2, 0) is 4.74 Å². The summed E-state index contributed by atoms with van der Waals surface area (Å²) in [5.74, 6) is 0.610. The van der Waals surface area contributed by atoms with E-state index in [4.69, 9.17) is 4.74 Å². The zero-order chi connectivity index (χ0) is 14.8. The monoisotopic (exact) mass is 285 g/mol. The lowest BCUT2D eigenvalue weighted by Crippen LogP contribution is -2.42. The van der Waals surface area contributed by atoms with E-state index >= 15 is 0 Å². The van der Waals surface area contributed by atoms with Crippen LogP contribution in [0.15, 0.2) is 30.5 Å². The van der Waals surface area contributed by atoms with Gasteiger partial charge in [0.1, 0.15) is 0 Å². The SMILES string of the molecule is CO[C@@H]1CCC[C@H](N2C=Cc3ccccc3C2C(C)C)C1. The van der Waals surface area contributed by atoms with Crippen LogP contribution in [0.2, 0.25) is 0 Å². The van der Waals surface area contributed by atoms with E-state index in [2.05, 4.69) is 55.3 Å². The molecular formula is C19H27NO. The molecular weight excluding hydrogens is 258 g/mol. The number of rotatable bonds is 3. The molecule has 1 aliphatic heterocycles. The van der Waals surface area contributed by atoms with Crippen molar-refractivity contribution in [3.05, 3.63) is 41.6 Å². The molecule has 1 unspecified atom stereocenters. The van der Waals surface area contributed by atoms with Gasteiger partial charge in [-0.2, -0.15) is 0 Å². The van der Waals surface area contributed by atoms with Gasteiger partial charge in [-0.3, -0.25) is 0 Å². The lowest BCUT2D eigenvalue weighted by atomic mass is 9.84. The first-order valence-electron chi connectivity index (χ1n) is 8.28. The van der Waals surface area contributed by atoms with Crippen molar-refractivity contribution in [2.24, 2.45) is 5.92 Å². The second-order valence-corrected chi connectivity index (χ2v) is 6.76. The Morgan fingerprint density at radius 2 is 2.00 bits per heavy atom. The maximum atomic E-state index is 5.63. The van der Waals surface area contributed by atoms with Gasteiger partial charge >= 0.3 is 0 Å². The molecule has 1 aromatic carbocycles. The van der Waals surface area contributed by atoms with Gasteiger partial charge in [0.2, 0.25) is 0 Å². The number of nitrogens with zero attached hydrogens (tertiary/aromatic N) is 1. The first-order valence-corrected chi connectivity index (χ1v) is 8.28. The average Bonchev–Trinajstić information content (AvgIpc) is 2.53. The third-order valence-corrected chi connectivity index (χ3v) is 5.05. The molecule has 0 radical (unpaired) electrons.